The lowest BCUT2D eigenvalue weighted by atomic mass is 9.95. The van der Waals surface area contributed by atoms with Gasteiger partial charge in [-0.15, -0.1) is 0 Å². The van der Waals surface area contributed by atoms with E-state index in [1.807, 2.05) is 0 Å². The summed E-state index contributed by atoms with van der Waals surface area (Å²) in [6, 6.07) is 2.29. The molecule has 1 nitrogen and oxygen atoms in total. The van der Waals surface area contributed by atoms with Crippen molar-refractivity contribution in [1.82, 2.24) is 0 Å². The number of nitrogens with zero attached hydrogens (tertiary/aromatic N) is 1. The van der Waals surface area contributed by atoms with E-state index in [1.165, 1.54) is 12.8 Å². The molecule has 0 spiro atoms. The van der Waals surface area contributed by atoms with Crippen molar-refractivity contribution in [2.45, 2.75) is 33.1 Å². The van der Waals surface area contributed by atoms with Crippen LogP contribution < -0.4 is 0 Å². The van der Waals surface area contributed by atoms with Crippen LogP contribution in [0.2, 0.25) is 0 Å². The molecule has 0 heterocycles. The van der Waals surface area contributed by atoms with Crippen LogP contribution in [0.15, 0.2) is 0 Å². The van der Waals surface area contributed by atoms with E-state index in [0.717, 1.165) is 11.8 Å². The Bertz CT molecular complexity index is 128. The number of hydrogen-bond acceptors (Lipinski definition) is 1. The molecule has 0 aliphatic carbocycles. The zero-order valence-corrected chi connectivity index (χ0v) is 8.89. The Hall–Kier alpha value is -0.0300. The average molecular weight is 218 g/mol. The summed E-state index contributed by atoms with van der Waals surface area (Å²) >= 11 is 3.33. The highest BCUT2D eigenvalue weighted by Crippen LogP contribution is 2.17. The van der Waals surface area contributed by atoms with E-state index in [2.05, 4.69) is 35.8 Å². The second-order valence-electron chi connectivity index (χ2n) is 3.11. The molecule has 2 atom stereocenters. The number of nitriles is 1. The standard InChI is InChI=1S/C9H16BrN/c1-3-4-8(2)5-9(6-10)7-11/h8-9H,3-6H2,1-2H3. The molecule has 0 saturated heterocycles. The first kappa shape index (κ1) is 11.0. The lowest BCUT2D eigenvalue weighted by Crippen LogP contribution is -2.05. The largest absolute Gasteiger partial charge is 0.198 e. The van der Waals surface area contributed by atoms with Gasteiger partial charge in [0.15, 0.2) is 0 Å². The third-order valence-electron chi connectivity index (χ3n) is 1.84. The summed E-state index contributed by atoms with van der Waals surface area (Å²) in [5.41, 5.74) is 0. The molecule has 2 heteroatoms. The fourth-order valence-electron chi connectivity index (χ4n) is 1.25. The maximum atomic E-state index is 8.66. The van der Waals surface area contributed by atoms with Crippen molar-refractivity contribution in [2.24, 2.45) is 11.8 Å². The second-order valence-corrected chi connectivity index (χ2v) is 3.76. The van der Waals surface area contributed by atoms with Crippen LogP contribution in [0.1, 0.15) is 33.1 Å². The number of halogens is 1. The smallest absolute Gasteiger partial charge is 0.0664 e. The molecule has 0 aliphatic rings. The molecule has 0 aromatic carbocycles. The van der Waals surface area contributed by atoms with E-state index in [0.29, 0.717) is 5.92 Å². The Labute approximate surface area is 77.9 Å². The van der Waals surface area contributed by atoms with Gasteiger partial charge in [0.2, 0.25) is 0 Å². The molecule has 64 valence electrons. The first-order chi connectivity index (χ1) is 5.24. The van der Waals surface area contributed by atoms with Gasteiger partial charge in [0, 0.05) is 5.33 Å². The number of rotatable bonds is 5. The van der Waals surface area contributed by atoms with Gasteiger partial charge < -0.3 is 0 Å². The number of alkyl halides is 1. The van der Waals surface area contributed by atoms with Crippen molar-refractivity contribution < 1.29 is 0 Å². The highest BCUT2D eigenvalue weighted by atomic mass is 79.9. The topological polar surface area (TPSA) is 23.8 Å². The lowest BCUT2D eigenvalue weighted by molar-refractivity contribution is 0.443. The van der Waals surface area contributed by atoms with E-state index >= 15 is 0 Å². The van der Waals surface area contributed by atoms with E-state index in [-0.39, 0.29) is 5.92 Å². The normalized spacial score (nSPS) is 15.5. The summed E-state index contributed by atoms with van der Waals surface area (Å²) in [4.78, 5) is 0. The molecule has 0 fully saturated rings. The molecular formula is C9H16BrN. The predicted molar refractivity (Wildman–Crippen MR) is 51.6 cm³/mol. The summed E-state index contributed by atoms with van der Waals surface area (Å²) in [6.07, 6.45) is 3.50. The molecule has 0 saturated carbocycles. The molecule has 0 aliphatic heterocycles. The molecule has 0 aromatic rings. The molecule has 0 rings (SSSR count). The Kier molecular flexibility index (Phi) is 6.65. The molecule has 2 unspecified atom stereocenters. The van der Waals surface area contributed by atoms with Gasteiger partial charge >= 0.3 is 0 Å². The summed E-state index contributed by atoms with van der Waals surface area (Å²) in [5.74, 6) is 0.902. The summed E-state index contributed by atoms with van der Waals surface area (Å²) < 4.78 is 0. The van der Waals surface area contributed by atoms with Gasteiger partial charge in [0.25, 0.3) is 0 Å². The Morgan fingerprint density at radius 2 is 2.18 bits per heavy atom. The minimum absolute atomic E-state index is 0.205. The molecule has 0 radical (unpaired) electrons. The first-order valence-corrected chi connectivity index (χ1v) is 5.32. The van der Waals surface area contributed by atoms with Crippen molar-refractivity contribution in [3.8, 4) is 6.07 Å². The van der Waals surface area contributed by atoms with Gasteiger partial charge in [-0.1, -0.05) is 42.6 Å². The van der Waals surface area contributed by atoms with Crippen LogP contribution in [0.5, 0.6) is 0 Å². The molecule has 0 N–H and O–H groups in total. The van der Waals surface area contributed by atoms with Crippen molar-refractivity contribution in [1.29, 1.82) is 5.26 Å². The molecule has 0 amide bonds. The Morgan fingerprint density at radius 1 is 1.55 bits per heavy atom. The van der Waals surface area contributed by atoms with Gasteiger partial charge in [-0.2, -0.15) is 5.26 Å². The molecule has 0 bridgehead atoms. The van der Waals surface area contributed by atoms with Crippen LogP contribution in [-0.2, 0) is 0 Å². The third kappa shape index (κ3) is 5.26. The van der Waals surface area contributed by atoms with E-state index in [9.17, 15) is 0 Å². The van der Waals surface area contributed by atoms with Crippen LogP contribution in [0.25, 0.3) is 0 Å². The fraction of sp³-hybridized carbons (Fsp3) is 0.889. The first-order valence-electron chi connectivity index (χ1n) is 4.20. The Morgan fingerprint density at radius 3 is 2.55 bits per heavy atom. The van der Waals surface area contributed by atoms with Crippen molar-refractivity contribution in [3.05, 3.63) is 0 Å². The summed E-state index contributed by atoms with van der Waals surface area (Å²) in [6.45, 7) is 4.41. The van der Waals surface area contributed by atoms with Gasteiger partial charge in [-0.25, -0.2) is 0 Å². The molecular weight excluding hydrogens is 202 g/mol. The van der Waals surface area contributed by atoms with Gasteiger partial charge in [0.05, 0.1) is 12.0 Å². The second kappa shape index (κ2) is 6.67. The number of hydrogen-bond donors (Lipinski definition) is 0. The predicted octanol–water partition coefficient (Wildman–Crippen LogP) is 3.35. The van der Waals surface area contributed by atoms with Gasteiger partial charge in [-0.05, 0) is 12.3 Å². The van der Waals surface area contributed by atoms with Crippen LogP contribution in [0, 0.1) is 23.2 Å². The zero-order valence-electron chi connectivity index (χ0n) is 7.31. The maximum Gasteiger partial charge on any atom is 0.0664 e. The maximum absolute atomic E-state index is 8.66. The molecule has 11 heavy (non-hydrogen) atoms. The van der Waals surface area contributed by atoms with Crippen molar-refractivity contribution >= 4 is 15.9 Å². The molecule has 0 aromatic heterocycles. The van der Waals surface area contributed by atoms with E-state index in [4.69, 9.17) is 5.26 Å². The van der Waals surface area contributed by atoms with Gasteiger partial charge in [-0.3, -0.25) is 0 Å². The quantitative estimate of drug-likeness (QED) is 0.649. The van der Waals surface area contributed by atoms with Crippen molar-refractivity contribution in [2.75, 3.05) is 5.33 Å². The average Bonchev–Trinajstić information content (AvgIpc) is 2.01. The fourth-order valence-corrected chi connectivity index (χ4v) is 1.66. The van der Waals surface area contributed by atoms with E-state index < -0.39 is 0 Å². The van der Waals surface area contributed by atoms with Crippen LogP contribution >= 0.6 is 15.9 Å². The van der Waals surface area contributed by atoms with E-state index in [1.54, 1.807) is 0 Å². The highest BCUT2D eigenvalue weighted by Gasteiger charge is 2.09. The summed E-state index contributed by atoms with van der Waals surface area (Å²) in [7, 11) is 0. The van der Waals surface area contributed by atoms with Crippen LogP contribution in [-0.4, -0.2) is 5.33 Å². The Balaban J connectivity index is 3.55. The highest BCUT2D eigenvalue weighted by molar-refractivity contribution is 9.09. The third-order valence-corrected chi connectivity index (χ3v) is 2.62. The van der Waals surface area contributed by atoms with Crippen LogP contribution in [0.4, 0.5) is 0 Å². The monoisotopic (exact) mass is 217 g/mol. The minimum atomic E-state index is 0.205. The van der Waals surface area contributed by atoms with Crippen molar-refractivity contribution in [3.63, 3.8) is 0 Å². The zero-order chi connectivity index (χ0) is 8.69. The van der Waals surface area contributed by atoms with Gasteiger partial charge in [0.1, 0.15) is 0 Å². The summed E-state index contributed by atoms with van der Waals surface area (Å²) in [5, 5.41) is 9.48. The SMILES string of the molecule is CCCC(C)CC(C#N)CBr. The van der Waals surface area contributed by atoms with Crippen LogP contribution in [0.3, 0.4) is 0 Å². The lowest BCUT2D eigenvalue weighted by Gasteiger charge is -2.11. The minimum Gasteiger partial charge on any atom is -0.198 e.